The van der Waals surface area contributed by atoms with Gasteiger partial charge in [0.2, 0.25) is 0 Å². The number of nitrogens with one attached hydrogen (secondary N) is 1. The highest BCUT2D eigenvalue weighted by atomic mass is 16.4. The zero-order chi connectivity index (χ0) is 12.7. The third kappa shape index (κ3) is 6.00. The maximum atomic E-state index is 9.10. The van der Waals surface area contributed by atoms with Crippen LogP contribution in [0.5, 0.6) is 0 Å². The lowest BCUT2D eigenvalue weighted by Gasteiger charge is -2.19. The first kappa shape index (κ1) is 14.4. The fourth-order valence-electron chi connectivity index (χ4n) is 1.37. The standard InChI is InChI=1S/C8H16N2.C2H2O4/c1-7(2)6-10-5-3-4-8(10)9;3-1(4)2(5)6/h7,9H,3-6H2,1-2H3;(H,3,4)(H,5,6). The van der Waals surface area contributed by atoms with Crippen LogP contribution in [-0.4, -0.2) is 46.0 Å². The van der Waals surface area contributed by atoms with Crippen molar-refractivity contribution in [2.75, 3.05) is 13.1 Å². The molecule has 0 unspecified atom stereocenters. The van der Waals surface area contributed by atoms with E-state index in [-0.39, 0.29) is 0 Å². The maximum absolute atomic E-state index is 9.10. The Morgan fingerprint density at radius 2 is 1.88 bits per heavy atom. The number of carboxylic acid groups (broad SMARTS) is 2. The third-order valence-corrected chi connectivity index (χ3v) is 1.99. The van der Waals surface area contributed by atoms with E-state index < -0.39 is 11.9 Å². The predicted octanol–water partition coefficient (Wildman–Crippen LogP) is 0.871. The van der Waals surface area contributed by atoms with Crippen molar-refractivity contribution in [1.29, 1.82) is 5.41 Å². The normalized spacial score (nSPS) is 14.7. The summed E-state index contributed by atoms with van der Waals surface area (Å²) >= 11 is 0. The molecule has 0 aromatic heterocycles. The number of rotatable bonds is 2. The molecule has 1 fully saturated rings. The summed E-state index contributed by atoms with van der Waals surface area (Å²) in [6.07, 6.45) is 2.18. The molecule has 92 valence electrons. The van der Waals surface area contributed by atoms with E-state index in [1.54, 1.807) is 0 Å². The summed E-state index contributed by atoms with van der Waals surface area (Å²) in [6, 6.07) is 0. The van der Waals surface area contributed by atoms with Crippen molar-refractivity contribution < 1.29 is 19.8 Å². The van der Waals surface area contributed by atoms with Crippen LogP contribution in [0.2, 0.25) is 0 Å². The summed E-state index contributed by atoms with van der Waals surface area (Å²) in [5.41, 5.74) is 0. The van der Waals surface area contributed by atoms with E-state index in [2.05, 4.69) is 18.7 Å². The highest BCUT2D eigenvalue weighted by Gasteiger charge is 2.16. The fraction of sp³-hybridized carbons (Fsp3) is 0.700. The average Bonchev–Trinajstić information content (AvgIpc) is 2.52. The molecule has 0 amide bonds. The van der Waals surface area contributed by atoms with Gasteiger partial charge < -0.3 is 15.1 Å². The highest BCUT2D eigenvalue weighted by Crippen LogP contribution is 2.11. The molecule has 0 spiro atoms. The number of hydrogen-bond acceptors (Lipinski definition) is 3. The summed E-state index contributed by atoms with van der Waals surface area (Å²) < 4.78 is 0. The van der Waals surface area contributed by atoms with Crippen molar-refractivity contribution in [1.82, 2.24) is 4.90 Å². The first-order valence-electron chi connectivity index (χ1n) is 5.13. The van der Waals surface area contributed by atoms with Crippen LogP contribution in [0.25, 0.3) is 0 Å². The molecule has 0 aromatic carbocycles. The van der Waals surface area contributed by atoms with E-state index in [1.807, 2.05) is 0 Å². The monoisotopic (exact) mass is 230 g/mol. The van der Waals surface area contributed by atoms with E-state index in [4.69, 9.17) is 25.2 Å². The Morgan fingerprint density at radius 3 is 2.12 bits per heavy atom. The molecule has 1 aliphatic heterocycles. The Hall–Kier alpha value is -1.59. The van der Waals surface area contributed by atoms with Gasteiger partial charge in [-0.15, -0.1) is 0 Å². The van der Waals surface area contributed by atoms with Crippen LogP contribution in [0.4, 0.5) is 0 Å². The molecule has 0 bridgehead atoms. The van der Waals surface area contributed by atoms with Crippen molar-refractivity contribution >= 4 is 17.8 Å². The lowest BCUT2D eigenvalue weighted by atomic mass is 10.2. The van der Waals surface area contributed by atoms with Gasteiger partial charge in [-0.1, -0.05) is 13.8 Å². The molecule has 0 saturated carbocycles. The van der Waals surface area contributed by atoms with Crippen LogP contribution in [0, 0.1) is 11.3 Å². The van der Waals surface area contributed by atoms with Gasteiger partial charge in [0.1, 0.15) is 0 Å². The zero-order valence-electron chi connectivity index (χ0n) is 9.56. The highest BCUT2D eigenvalue weighted by molar-refractivity contribution is 6.27. The van der Waals surface area contributed by atoms with Crippen LogP contribution in [0.15, 0.2) is 0 Å². The van der Waals surface area contributed by atoms with Crippen LogP contribution in [0.3, 0.4) is 0 Å². The lowest BCUT2D eigenvalue weighted by Crippen LogP contribution is -2.28. The van der Waals surface area contributed by atoms with Crippen LogP contribution in [0.1, 0.15) is 26.7 Å². The summed E-state index contributed by atoms with van der Waals surface area (Å²) in [5, 5.41) is 22.3. The van der Waals surface area contributed by atoms with Gasteiger partial charge in [0.05, 0.1) is 5.84 Å². The fourth-order valence-corrected chi connectivity index (χ4v) is 1.37. The first-order valence-corrected chi connectivity index (χ1v) is 5.13. The van der Waals surface area contributed by atoms with Gasteiger partial charge in [0.15, 0.2) is 0 Å². The van der Waals surface area contributed by atoms with E-state index in [0.717, 1.165) is 25.3 Å². The van der Waals surface area contributed by atoms with Gasteiger partial charge in [0, 0.05) is 19.5 Å². The van der Waals surface area contributed by atoms with E-state index in [9.17, 15) is 0 Å². The number of carbonyl (C=O) groups is 2. The molecule has 1 saturated heterocycles. The Morgan fingerprint density at radius 1 is 1.38 bits per heavy atom. The summed E-state index contributed by atoms with van der Waals surface area (Å²) in [4.78, 5) is 20.4. The number of likely N-dealkylation sites (tertiary alicyclic amines) is 1. The minimum Gasteiger partial charge on any atom is -0.473 e. The van der Waals surface area contributed by atoms with Gasteiger partial charge in [-0.05, 0) is 12.3 Å². The lowest BCUT2D eigenvalue weighted by molar-refractivity contribution is -0.159. The number of carboxylic acids is 2. The second kappa shape index (κ2) is 6.81. The SMILES string of the molecule is CC(C)CN1CCCC1=N.O=C(O)C(=O)O. The number of amidine groups is 1. The molecular weight excluding hydrogens is 212 g/mol. The quantitative estimate of drug-likeness (QED) is 0.611. The minimum absolute atomic E-state index is 0.693. The van der Waals surface area contributed by atoms with Crippen molar-refractivity contribution in [3.8, 4) is 0 Å². The molecule has 1 aliphatic rings. The van der Waals surface area contributed by atoms with Gasteiger partial charge in [-0.2, -0.15) is 0 Å². The van der Waals surface area contributed by atoms with E-state index in [0.29, 0.717) is 5.92 Å². The van der Waals surface area contributed by atoms with Gasteiger partial charge >= 0.3 is 11.9 Å². The Kier molecular flexibility index (Phi) is 6.14. The Labute approximate surface area is 94.4 Å². The number of hydrogen-bond donors (Lipinski definition) is 3. The zero-order valence-corrected chi connectivity index (χ0v) is 9.56. The second-order valence-corrected chi connectivity index (χ2v) is 4.00. The van der Waals surface area contributed by atoms with Crippen LogP contribution in [-0.2, 0) is 9.59 Å². The molecule has 0 radical (unpaired) electrons. The molecule has 6 heteroatoms. The molecule has 0 aromatic rings. The molecule has 0 atom stereocenters. The summed E-state index contributed by atoms with van der Waals surface area (Å²) in [6.45, 7) is 6.58. The van der Waals surface area contributed by atoms with Gasteiger partial charge in [-0.25, -0.2) is 9.59 Å². The number of aliphatic carboxylic acids is 2. The third-order valence-electron chi connectivity index (χ3n) is 1.99. The maximum Gasteiger partial charge on any atom is 0.414 e. The summed E-state index contributed by atoms with van der Waals surface area (Å²) in [5.74, 6) is -2.11. The van der Waals surface area contributed by atoms with Crippen LogP contribution >= 0.6 is 0 Å². The molecule has 1 heterocycles. The topological polar surface area (TPSA) is 102 Å². The first-order chi connectivity index (χ1) is 7.34. The Balaban J connectivity index is 0.000000325. The van der Waals surface area contributed by atoms with Crippen molar-refractivity contribution in [3.63, 3.8) is 0 Å². The minimum atomic E-state index is -1.82. The van der Waals surface area contributed by atoms with Crippen LogP contribution < -0.4 is 0 Å². The van der Waals surface area contributed by atoms with Crippen molar-refractivity contribution in [2.45, 2.75) is 26.7 Å². The largest absolute Gasteiger partial charge is 0.473 e. The predicted molar refractivity (Wildman–Crippen MR) is 58.6 cm³/mol. The smallest absolute Gasteiger partial charge is 0.414 e. The van der Waals surface area contributed by atoms with Crippen molar-refractivity contribution in [3.05, 3.63) is 0 Å². The summed E-state index contributed by atoms with van der Waals surface area (Å²) in [7, 11) is 0. The molecule has 16 heavy (non-hydrogen) atoms. The van der Waals surface area contributed by atoms with Gasteiger partial charge in [0.25, 0.3) is 0 Å². The average molecular weight is 230 g/mol. The molecule has 1 rings (SSSR count). The molecule has 3 N–H and O–H groups in total. The van der Waals surface area contributed by atoms with E-state index >= 15 is 0 Å². The molecular formula is C10H18N2O4. The molecule has 6 nitrogen and oxygen atoms in total. The number of nitrogens with zero attached hydrogens (tertiary/aromatic N) is 1. The second-order valence-electron chi connectivity index (χ2n) is 4.00. The molecule has 0 aliphatic carbocycles. The van der Waals surface area contributed by atoms with E-state index in [1.165, 1.54) is 6.42 Å². The Bertz CT molecular complexity index is 264. The van der Waals surface area contributed by atoms with Crippen molar-refractivity contribution in [2.24, 2.45) is 5.92 Å². The van der Waals surface area contributed by atoms with Gasteiger partial charge in [-0.3, -0.25) is 5.41 Å².